The molecule has 0 heterocycles. The summed E-state index contributed by atoms with van der Waals surface area (Å²) in [5, 5.41) is 0. The third-order valence-electron chi connectivity index (χ3n) is 3.34. The summed E-state index contributed by atoms with van der Waals surface area (Å²) in [4.78, 5) is 0.281. The lowest BCUT2D eigenvalue weighted by molar-refractivity contribution is 0.153. The van der Waals surface area contributed by atoms with Crippen molar-refractivity contribution in [2.45, 2.75) is 31.6 Å². The van der Waals surface area contributed by atoms with E-state index in [2.05, 4.69) is 4.72 Å². The topological polar surface area (TPSA) is 55.4 Å². The molecule has 1 aromatic carbocycles. The maximum atomic E-state index is 12.3. The van der Waals surface area contributed by atoms with Gasteiger partial charge in [0, 0.05) is 26.1 Å². The summed E-state index contributed by atoms with van der Waals surface area (Å²) >= 11 is 5.67. The fraction of sp³-hybridized carbons (Fsp3) is 0.600. The average molecular weight is 334 g/mol. The molecule has 0 aliphatic rings. The molecule has 120 valence electrons. The summed E-state index contributed by atoms with van der Waals surface area (Å²) in [7, 11) is -1.83. The van der Waals surface area contributed by atoms with E-state index in [-0.39, 0.29) is 10.3 Å². The number of benzene rings is 1. The molecule has 0 spiro atoms. The van der Waals surface area contributed by atoms with Crippen LogP contribution < -0.4 is 4.72 Å². The summed E-state index contributed by atoms with van der Waals surface area (Å²) in [6, 6.07) is 6.83. The van der Waals surface area contributed by atoms with Crippen LogP contribution in [-0.2, 0) is 21.2 Å². The van der Waals surface area contributed by atoms with Gasteiger partial charge in [0.05, 0.1) is 4.90 Å². The third kappa shape index (κ3) is 6.34. The lowest BCUT2D eigenvalue weighted by Gasteiger charge is -2.24. The Morgan fingerprint density at radius 1 is 1.24 bits per heavy atom. The normalized spacial score (nSPS) is 12.6. The second-order valence-corrected chi connectivity index (χ2v) is 7.96. The van der Waals surface area contributed by atoms with Crippen LogP contribution in [0.1, 0.15) is 25.8 Å². The van der Waals surface area contributed by atoms with Crippen LogP contribution in [0, 0.1) is 5.41 Å². The van der Waals surface area contributed by atoms with E-state index in [4.69, 9.17) is 16.3 Å². The monoisotopic (exact) mass is 333 g/mol. The number of methoxy groups -OCH3 is 1. The molecule has 1 aromatic rings. The van der Waals surface area contributed by atoms with Gasteiger partial charge in [-0.15, -0.1) is 11.6 Å². The van der Waals surface area contributed by atoms with Crippen molar-refractivity contribution in [1.82, 2.24) is 4.72 Å². The van der Waals surface area contributed by atoms with Crippen molar-refractivity contribution in [1.29, 1.82) is 0 Å². The largest absolute Gasteiger partial charge is 0.385 e. The van der Waals surface area contributed by atoms with Crippen LogP contribution >= 0.6 is 11.6 Å². The Balaban J connectivity index is 2.68. The van der Waals surface area contributed by atoms with Gasteiger partial charge in [0.25, 0.3) is 0 Å². The minimum atomic E-state index is -3.47. The van der Waals surface area contributed by atoms with E-state index in [9.17, 15) is 8.42 Å². The van der Waals surface area contributed by atoms with E-state index >= 15 is 0 Å². The smallest absolute Gasteiger partial charge is 0.240 e. The Labute approximate surface area is 132 Å². The number of hydrogen-bond donors (Lipinski definition) is 1. The summed E-state index contributed by atoms with van der Waals surface area (Å²) < 4.78 is 32.2. The highest BCUT2D eigenvalue weighted by atomic mass is 35.5. The van der Waals surface area contributed by atoms with Crippen molar-refractivity contribution in [2.24, 2.45) is 5.41 Å². The fourth-order valence-corrected chi connectivity index (χ4v) is 3.24. The third-order valence-corrected chi connectivity index (χ3v) is 4.95. The Hall–Kier alpha value is -0.620. The van der Waals surface area contributed by atoms with Crippen molar-refractivity contribution in [3.8, 4) is 0 Å². The highest BCUT2D eigenvalue weighted by Crippen LogP contribution is 2.20. The van der Waals surface area contributed by atoms with Crippen LogP contribution in [0.2, 0.25) is 0 Å². The Morgan fingerprint density at radius 2 is 1.86 bits per heavy atom. The van der Waals surface area contributed by atoms with E-state index in [1.165, 1.54) is 0 Å². The van der Waals surface area contributed by atoms with Crippen molar-refractivity contribution < 1.29 is 13.2 Å². The zero-order chi connectivity index (χ0) is 15.9. The average Bonchev–Trinajstić information content (AvgIpc) is 2.44. The first-order valence-corrected chi connectivity index (χ1v) is 8.96. The number of sulfonamides is 1. The Kier molecular flexibility index (Phi) is 7.13. The van der Waals surface area contributed by atoms with Gasteiger partial charge in [0.15, 0.2) is 0 Å². The number of ether oxygens (including phenoxy) is 1. The zero-order valence-electron chi connectivity index (χ0n) is 12.9. The predicted molar refractivity (Wildman–Crippen MR) is 86.3 cm³/mol. The molecular formula is C15H24ClNO3S. The molecule has 1 rings (SSSR count). The van der Waals surface area contributed by atoms with Gasteiger partial charge in [-0.05, 0) is 36.0 Å². The van der Waals surface area contributed by atoms with E-state index in [0.29, 0.717) is 19.0 Å². The number of hydrogen-bond acceptors (Lipinski definition) is 3. The van der Waals surface area contributed by atoms with Crippen LogP contribution in [0.15, 0.2) is 29.2 Å². The van der Waals surface area contributed by atoms with Crippen molar-refractivity contribution in [3.05, 3.63) is 29.8 Å². The number of halogens is 1. The summed E-state index contributed by atoms with van der Waals surface area (Å²) in [6.07, 6.45) is 1.53. The summed E-state index contributed by atoms with van der Waals surface area (Å²) in [5.74, 6) is 0.526. The molecule has 0 unspecified atom stereocenters. The molecule has 0 saturated heterocycles. The van der Waals surface area contributed by atoms with Crippen molar-refractivity contribution in [3.63, 3.8) is 0 Å². The number of alkyl halides is 1. The van der Waals surface area contributed by atoms with Crippen LogP contribution in [-0.4, -0.2) is 34.6 Å². The second kappa shape index (κ2) is 8.13. The van der Waals surface area contributed by atoms with E-state index in [1.54, 1.807) is 31.4 Å². The number of aryl methyl sites for hydroxylation is 1. The Morgan fingerprint density at radius 3 is 2.38 bits per heavy atom. The van der Waals surface area contributed by atoms with Crippen LogP contribution in [0.3, 0.4) is 0 Å². The van der Waals surface area contributed by atoms with Crippen LogP contribution in [0.4, 0.5) is 0 Å². The molecule has 0 atom stereocenters. The molecule has 0 fully saturated rings. The van der Waals surface area contributed by atoms with Crippen molar-refractivity contribution in [2.75, 3.05) is 26.1 Å². The summed E-state index contributed by atoms with van der Waals surface area (Å²) in [6.45, 7) is 5.01. The lowest BCUT2D eigenvalue weighted by atomic mass is 9.90. The molecule has 4 nitrogen and oxygen atoms in total. The molecule has 0 amide bonds. The van der Waals surface area contributed by atoms with Gasteiger partial charge in [-0.25, -0.2) is 13.1 Å². The molecule has 0 aromatic heterocycles. The minimum absolute atomic E-state index is 0.151. The highest BCUT2D eigenvalue weighted by Gasteiger charge is 2.22. The van der Waals surface area contributed by atoms with Gasteiger partial charge in [0.2, 0.25) is 10.0 Å². The molecule has 6 heteroatoms. The van der Waals surface area contributed by atoms with Crippen LogP contribution in [0.25, 0.3) is 0 Å². The van der Waals surface area contributed by atoms with E-state index < -0.39 is 10.0 Å². The maximum Gasteiger partial charge on any atom is 0.240 e. The molecule has 21 heavy (non-hydrogen) atoms. The molecule has 0 saturated carbocycles. The second-order valence-electron chi connectivity index (χ2n) is 5.81. The first-order valence-electron chi connectivity index (χ1n) is 6.94. The predicted octanol–water partition coefficient (Wildman–Crippen LogP) is 2.81. The van der Waals surface area contributed by atoms with Crippen LogP contribution in [0.5, 0.6) is 0 Å². The number of rotatable bonds is 9. The quantitative estimate of drug-likeness (QED) is 0.707. The van der Waals surface area contributed by atoms with Gasteiger partial charge in [-0.2, -0.15) is 0 Å². The van der Waals surface area contributed by atoms with Crippen molar-refractivity contribution >= 4 is 21.6 Å². The SMILES string of the molecule is COCCC(C)(C)CNS(=O)(=O)c1ccc(CCCl)cc1. The Bertz CT molecular complexity index is 526. The molecule has 0 aliphatic carbocycles. The van der Waals surface area contributed by atoms with Gasteiger partial charge in [0.1, 0.15) is 0 Å². The van der Waals surface area contributed by atoms with E-state index in [1.807, 2.05) is 13.8 Å². The molecule has 0 radical (unpaired) electrons. The fourth-order valence-electron chi connectivity index (χ4n) is 1.78. The minimum Gasteiger partial charge on any atom is -0.385 e. The first kappa shape index (κ1) is 18.4. The molecule has 1 N–H and O–H groups in total. The van der Waals surface area contributed by atoms with Gasteiger partial charge in [-0.3, -0.25) is 0 Å². The zero-order valence-corrected chi connectivity index (χ0v) is 14.4. The standard InChI is InChI=1S/C15H24ClNO3S/c1-15(2,9-11-20-3)12-17-21(18,19)14-6-4-13(5-7-14)8-10-16/h4-7,17H,8-12H2,1-3H3. The molecular weight excluding hydrogens is 310 g/mol. The highest BCUT2D eigenvalue weighted by molar-refractivity contribution is 7.89. The van der Waals surface area contributed by atoms with E-state index in [0.717, 1.165) is 18.4 Å². The molecule has 0 aliphatic heterocycles. The summed E-state index contributed by atoms with van der Waals surface area (Å²) in [5.41, 5.74) is 0.881. The van der Waals surface area contributed by atoms with Gasteiger partial charge >= 0.3 is 0 Å². The number of nitrogens with one attached hydrogen (secondary N) is 1. The van der Waals surface area contributed by atoms with Gasteiger partial charge < -0.3 is 4.74 Å². The lowest BCUT2D eigenvalue weighted by Crippen LogP contribution is -2.34. The maximum absolute atomic E-state index is 12.3. The molecule has 0 bridgehead atoms. The van der Waals surface area contributed by atoms with Gasteiger partial charge in [-0.1, -0.05) is 26.0 Å². The first-order chi connectivity index (χ1) is 9.80.